The van der Waals surface area contributed by atoms with Gasteiger partial charge in [-0.3, -0.25) is 0 Å². The Morgan fingerprint density at radius 1 is 0.975 bits per heavy atom. The number of nitrogens with two attached hydrogens (primary N) is 1. The second-order valence-electron chi connectivity index (χ2n) is 10.2. The molecule has 0 aliphatic heterocycles. The molecule has 0 amide bonds. The molecule has 2 unspecified atom stereocenters. The Morgan fingerprint density at radius 3 is 2.52 bits per heavy atom. The number of nitrogens with one attached hydrogen (secondary N) is 1. The molecule has 0 saturated heterocycles. The summed E-state index contributed by atoms with van der Waals surface area (Å²) < 4.78 is 34.7. The molecule has 0 radical (unpaired) electrons. The van der Waals surface area contributed by atoms with Gasteiger partial charge in [-0.05, 0) is 74.2 Å². The summed E-state index contributed by atoms with van der Waals surface area (Å²) in [6.07, 6.45) is 7.37. The average molecular weight is 554 g/mol. The molecule has 204 valence electrons. The van der Waals surface area contributed by atoms with E-state index in [0.29, 0.717) is 22.8 Å². The molecule has 2 atom stereocenters. The third kappa shape index (κ3) is 5.12. The Kier molecular flexibility index (Phi) is 6.89. The third-order valence-corrected chi connectivity index (χ3v) is 9.03. The largest absolute Gasteiger partial charge is 0.490 e. The third-order valence-electron chi connectivity index (χ3n) is 7.35. The zero-order valence-electron chi connectivity index (χ0n) is 22.2. The number of ether oxygens (including phenoxy) is 1. The first-order valence-corrected chi connectivity index (χ1v) is 14.9. The normalized spacial score (nSPS) is 17.5. The van der Waals surface area contributed by atoms with Gasteiger partial charge in [-0.15, -0.1) is 0 Å². The summed E-state index contributed by atoms with van der Waals surface area (Å²) >= 11 is 0. The molecule has 6 rings (SSSR count). The summed E-state index contributed by atoms with van der Waals surface area (Å²) in [5.41, 5.74) is 9.41. The SMILES string of the molecule is Cc1cnc(NC2CCCC(Oc3ccc(N)cc3)C2)nc1-c1cn(S(=O)(=O)c2ccccc2)c2ccccc12. The zero-order chi connectivity index (χ0) is 27.7. The lowest BCUT2D eigenvalue weighted by molar-refractivity contribution is 0.148. The van der Waals surface area contributed by atoms with Crippen LogP contribution in [0.4, 0.5) is 11.6 Å². The van der Waals surface area contributed by atoms with E-state index < -0.39 is 10.0 Å². The van der Waals surface area contributed by atoms with Gasteiger partial charge in [0.2, 0.25) is 5.95 Å². The van der Waals surface area contributed by atoms with Crippen molar-refractivity contribution in [2.24, 2.45) is 0 Å². The van der Waals surface area contributed by atoms with Gasteiger partial charge in [-0.2, -0.15) is 0 Å². The van der Waals surface area contributed by atoms with Gasteiger partial charge in [0.15, 0.2) is 0 Å². The van der Waals surface area contributed by atoms with Crippen LogP contribution in [0.5, 0.6) is 5.75 Å². The molecular formula is C31H31N5O3S. The van der Waals surface area contributed by atoms with Gasteiger partial charge in [-0.1, -0.05) is 36.4 Å². The molecular weight excluding hydrogens is 522 g/mol. The van der Waals surface area contributed by atoms with Crippen LogP contribution >= 0.6 is 0 Å². The van der Waals surface area contributed by atoms with Gasteiger partial charge in [0, 0.05) is 41.5 Å². The summed E-state index contributed by atoms with van der Waals surface area (Å²) in [5.74, 6) is 1.33. The van der Waals surface area contributed by atoms with Crippen molar-refractivity contribution in [3.63, 3.8) is 0 Å². The Morgan fingerprint density at radius 2 is 1.73 bits per heavy atom. The predicted octanol–water partition coefficient (Wildman–Crippen LogP) is 6.03. The van der Waals surface area contributed by atoms with Crippen molar-refractivity contribution in [1.82, 2.24) is 13.9 Å². The van der Waals surface area contributed by atoms with E-state index in [2.05, 4.69) is 10.3 Å². The minimum Gasteiger partial charge on any atom is -0.490 e. The highest BCUT2D eigenvalue weighted by molar-refractivity contribution is 7.90. The minimum absolute atomic E-state index is 0.0842. The van der Waals surface area contributed by atoms with E-state index in [1.165, 1.54) is 3.97 Å². The van der Waals surface area contributed by atoms with E-state index in [0.717, 1.165) is 47.9 Å². The topological polar surface area (TPSA) is 112 Å². The first kappa shape index (κ1) is 25.9. The summed E-state index contributed by atoms with van der Waals surface area (Å²) in [6.45, 7) is 1.94. The summed E-state index contributed by atoms with van der Waals surface area (Å²) in [4.78, 5) is 9.68. The molecule has 0 spiro atoms. The number of nitrogens with zero attached hydrogens (tertiary/aromatic N) is 3. The fourth-order valence-corrected chi connectivity index (χ4v) is 6.72. The molecule has 40 heavy (non-hydrogen) atoms. The maximum Gasteiger partial charge on any atom is 0.268 e. The van der Waals surface area contributed by atoms with Crippen molar-refractivity contribution in [3.05, 3.63) is 96.8 Å². The molecule has 1 aliphatic carbocycles. The molecule has 1 fully saturated rings. The number of rotatable bonds is 7. The Balaban J connectivity index is 1.29. The molecule has 5 aromatic rings. The lowest BCUT2D eigenvalue weighted by atomic mass is 9.93. The number of para-hydroxylation sites is 1. The van der Waals surface area contributed by atoms with Crippen molar-refractivity contribution >= 4 is 32.6 Å². The van der Waals surface area contributed by atoms with Crippen molar-refractivity contribution in [2.45, 2.75) is 49.6 Å². The van der Waals surface area contributed by atoms with Gasteiger partial charge < -0.3 is 15.8 Å². The number of hydrogen-bond donors (Lipinski definition) is 2. The summed E-state index contributed by atoms with van der Waals surface area (Å²) in [5, 5.41) is 4.32. The fraction of sp³-hybridized carbons (Fsp3) is 0.226. The molecule has 1 aliphatic rings. The van der Waals surface area contributed by atoms with Crippen LogP contribution in [0.15, 0.2) is 96.2 Å². The number of aryl methyl sites for hydroxylation is 1. The van der Waals surface area contributed by atoms with E-state index in [1.54, 1.807) is 42.7 Å². The first-order valence-electron chi connectivity index (χ1n) is 13.4. The van der Waals surface area contributed by atoms with Crippen molar-refractivity contribution in [2.75, 3.05) is 11.1 Å². The number of fused-ring (bicyclic) bond motifs is 1. The van der Waals surface area contributed by atoms with Crippen LogP contribution in [0.3, 0.4) is 0 Å². The molecule has 2 heterocycles. The Hall–Kier alpha value is -4.37. The average Bonchev–Trinajstić information content (AvgIpc) is 3.36. The zero-order valence-corrected chi connectivity index (χ0v) is 23.0. The monoisotopic (exact) mass is 553 g/mol. The van der Waals surface area contributed by atoms with Gasteiger partial charge in [-0.25, -0.2) is 22.4 Å². The minimum atomic E-state index is -3.80. The van der Waals surface area contributed by atoms with E-state index >= 15 is 0 Å². The molecule has 2 aromatic heterocycles. The highest BCUT2D eigenvalue weighted by atomic mass is 32.2. The van der Waals surface area contributed by atoms with Crippen LogP contribution in [0.1, 0.15) is 31.2 Å². The van der Waals surface area contributed by atoms with Crippen LogP contribution in [-0.2, 0) is 10.0 Å². The van der Waals surface area contributed by atoms with Crippen LogP contribution < -0.4 is 15.8 Å². The molecule has 9 heteroatoms. The molecule has 3 N–H and O–H groups in total. The maximum atomic E-state index is 13.6. The van der Waals surface area contributed by atoms with Gasteiger partial charge in [0.25, 0.3) is 10.0 Å². The molecule has 1 saturated carbocycles. The van der Waals surface area contributed by atoms with Crippen LogP contribution in [-0.4, -0.2) is 34.5 Å². The van der Waals surface area contributed by atoms with Crippen LogP contribution in [0, 0.1) is 6.92 Å². The first-order chi connectivity index (χ1) is 19.4. The highest BCUT2D eigenvalue weighted by Gasteiger charge is 2.26. The van der Waals surface area contributed by atoms with E-state index in [1.807, 2.05) is 55.5 Å². The number of benzene rings is 3. The van der Waals surface area contributed by atoms with Crippen LogP contribution in [0.25, 0.3) is 22.2 Å². The predicted molar refractivity (Wildman–Crippen MR) is 158 cm³/mol. The van der Waals surface area contributed by atoms with E-state index in [4.69, 9.17) is 15.5 Å². The lowest BCUT2D eigenvalue weighted by Crippen LogP contribution is -2.33. The van der Waals surface area contributed by atoms with Gasteiger partial charge in [0.1, 0.15) is 11.9 Å². The Labute approximate surface area is 233 Å². The standard InChI is InChI=1S/C31H31N5O3S/c1-21-19-33-31(34-23-8-7-9-25(18-23)39-24-16-14-22(32)15-17-24)35-30(21)28-20-36(29-13-6-5-12-27(28)29)40(37,38)26-10-3-2-4-11-26/h2-6,10-17,19-20,23,25H,7-9,18,32H2,1H3,(H,33,34,35). The van der Waals surface area contributed by atoms with E-state index in [9.17, 15) is 8.42 Å². The number of nitrogen functional groups attached to an aromatic ring is 1. The Bertz CT molecular complexity index is 1750. The van der Waals surface area contributed by atoms with Crippen molar-refractivity contribution < 1.29 is 13.2 Å². The lowest BCUT2D eigenvalue weighted by Gasteiger charge is -2.30. The van der Waals surface area contributed by atoms with Gasteiger partial charge >= 0.3 is 0 Å². The number of anilines is 2. The van der Waals surface area contributed by atoms with Crippen molar-refractivity contribution in [1.29, 1.82) is 0 Å². The molecule has 8 nitrogen and oxygen atoms in total. The van der Waals surface area contributed by atoms with Crippen LogP contribution in [0.2, 0.25) is 0 Å². The highest BCUT2D eigenvalue weighted by Crippen LogP contribution is 2.34. The quantitative estimate of drug-likeness (QED) is 0.237. The number of aromatic nitrogens is 3. The molecule has 0 bridgehead atoms. The summed E-state index contributed by atoms with van der Waals surface area (Å²) in [6, 6.07) is 23.6. The maximum absolute atomic E-state index is 13.6. The van der Waals surface area contributed by atoms with Crippen molar-refractivity contribution in [3.8, 4) is 17.0 Å². The second-order valence-corrected chi connectivity index (χ2v) is 12.0. The number of hydrogen-bond acceptors (Lipinski definition) is 7. The second kappa shape index (κ2) is 10.7. The van der Waals surface area contributed by atoms with E-state index in [-0.39, 0.29) is 17.0 Å². The fourth-order valence-electron chi connectivity index (χ4n) is 5.33. The smallest absolute Gasteiger partial charge is 0.268 e. The summed E-state index contributed by atoms with van der Waals surface area (Å²) in [7, 11) is -3.80. The molecule has 3 aromatic carbocycles. The van der Waals surface area contributed by atoms with Gasteiger partial charge in [0.05, 0.1) is 16.1 Å².